The van der Waals surface area contributed by atoms with Crippen LogP contribution in [-0.2, 0) is 32.2 Å². The van der Waals surface area contributed by atoms with Crippen molar-refractivity contribution < 1.29 is 38.5 Å². The van der Waals surface area contributed by atoms with Gasteiger partial charge in [0.05, 0.1) is 22.9 Å². The highest BCUT2D eigenvalue weighted by Gasteiger charge is 2.47. The summed E-state index contributed by atoms with van der Waals surface area (Å²) in [6, 6.07) is 8.21. The number of nitrogens with zero attached hydrogens (tertiary/aromatic N) is 6. The minimum Gasteiger partial charge on any atom is -0.444 e. The molecule has 292 valence electrons. The number of alkyl carbamates (subject to hydrolysis) is 2. The van der Waals surface area contributed by atoms with Crippen LogP contribution in [0.4, 0.5) is 21.0 Å². The summed E-state index contributed by atoms with van der Waals surface area (Å²) in [5.74, 6) is -1.93. The number of hydrogen-bond donors (Lipinski definition) is 4. The molecule has 0 aliphatic carbocycles. The van der Waals surface area contributed by atoms with Gasteiger partial charge in [0.2, 0.25) is 11.8 Å². The first-order chi connectivity index (χ1) is 25.2. The third kappa shape index (κ3) is 12.4. The topological polar surface area (TPSA) is 280 Å². The lowest BCUT2D eigenvalue weighted by atomic mass is 10.0. The van der Waals surface area contributed by atoms with Crippen molar-refractivity contribution in [2.75, 3.05) is 26.2 Å². The molecule has 0 radical (unpaired) electrons. The van der Waals surface area contributed by atoms with Gasteiger partial charge in [-0.1, -0.05) is 24.3 Å². The minimum atomic E-state index is -1.42. The summed E-state index contributed by atoms with van der Waals surface area (Å²) in [6.07, 6.45) is -1.51. The Hall–Kier alpha value is -6.34. The first-order valence-corrected chi connectivity index (χ1v) is 16.8. The van der Waals surface area contributed by atoms with Gasteiger partial charge in [-0.2, -0.15) is 0 Å². The number of amidine groups is 2. The summed E-state index contributed by atoms with van der Waals surface area (Å²) in [7, 11) is 0. The number of benzene rings is 2. The van der Waals surface area contributed by atoms with Gasteiger partial charge in [0.15, 0.2) is 12.1 Å². The lowest BCUT2D eigenvalue weighted by molar-refractivity contribution is -0.385. The van der Waals surface area contributed by atoms with Gasteiger partial charge in [0, 0.05) is 50.4 Å². The molecule has 0 bridgehead atoms. The van der Waals surface area contributed by atoms with Gasteiger partial charge in [-0.15, -0.1) is 0 Å². The van der Waals surface area contributed by atoms with Crippen molar-refractivity contribution in [1.29, 1.82) is 0 Å². The van der Waals surface area contributed by atoms with Crippen molar-refractivity contribution >= 4 is 47.0 Å². The molecule has 1 heterocycles. The molecule has 0 spiro atoms. The second kappa shape index (κ2) is 17.9. The van der Waals surface area contributed by atoms with Crippen LogP contribution in [-0.4, -0.2) is 105 Å². The van der Waals surface area contributed by atoms with Crippen LogP contribution < -0.4 is 22.1 Å². The van der Waals surface area contributed by atoms with Crippen LogP contribution >= 0.6 is 0 Å². The first-order valence-electron chi connectivity index (χ1n) is 16.8. The van der Waals surface area contributed by atoms with E-state index >= 15 is 0 Å². The molecule has 4 amide bonds. The van der Waals surface area contributed by atoms with E-state index in [9.17, 15) is 39.4 Å². The van der Waals surface area contributed by atoms with Crippen molar-refractivity contribution in [2.24, 2.45) is 21.5 Å². The average molecular weight is 755 g/mol. The Morgan fingerprint density at radius 2 is 0.981 bits per heavy atom. The number of primary amides is 2. The van der Waals surface area contributed by atoms with Gasteiger partial charge in [0.25, 0.3) is 11.4 Å². The molecule has 2 unspecified atom stereocenters. The van der Waals surface area contributed by atoms with E-state index < -0.39 is 57.1 Å². The Morgan fingerprint density at radius 1 is 0.667 bits per heavy atom. The molecule has 2 aromatic carbocycles. The summed E-state index contributed by atoms with van der Waals surface area (Å²) in [4.78, 5) is 85.4. The van der Waals surface area contributed by atoms with Gasteiger partial charge in [-0.3, -0.25) is 39.8 Å². The lowest BCUT2D eigenvalue weighted by Gasteiger charge is -2.47. The van der Waals surface area contributed by atoms with Crippen LogP contribution in [0.2, 0.25) is 0 Å². The quantitative estimate of drug-likeness (QED) is 0.160. The molecule has 20 nitrogen and oxygen atoms in total. The Morgan fingerprint density at radius 3 is 1.24 bits per heavy atom. The molecular formula is C34H46N10O10. The van der Waals surface area contributed by atoms with Gasteiger partial charge in [-0.05, 0) is 52.7 Å². The number of piperazine rings is 1. The van der Waals surface area contributed by atoms with E-state index in [1.165, 1.54) is 58.3 Å². The molecule has 3 rings (SSSR count). The number of nitrogens with one attached hydrogen (secondary N) is 2. The van der Waals surface area contributed by atoms with Crippen LogP contribution in [0.3, 0.4) is 0 Å². The predicted octanol–water partition coefficient (Wildman–Crippen LogP) is 2.38. The van der Waals surface area contributed by atoms with E-state index in [1.54, 1.807) is 41.5 Å². The zero-order valence-corrected chi connectivity index (χ0v) is 30.9. The van der Waals surface area contributed by atoms with E-state index in [2.05, 4.69) is 20.6 Å². The van der Waals surface area contributed by atoms with Gasteiger partial charge in [-0.25, -0.2) is 9.59 Å². The van der Waals surface area contributed by atoms with Crippen molar-refractivity contribution in [3.63, 3.8) is 0 Å². The highest BCUT2D eigenvalue weighted by molar-refractivity contribution is 6.19. The molecule has 2 atom stereocenters. The monoisotopic (exact) mass is 754 g/mol. The number of non-ortho nitro benzene ring substituents is 2. The minimum absolute atomic E-state index is 0.0396. The van der Waals surface area contributed by atoms with Gasteiger partial charge >= 0.3 is 12.2 Å². The van der Waals surface area contributed by atoms with E-state index in [-0.39, 0.29) is 62.3 Å². The molecule has 1 aliphatic rings. The zero-order chi connectivity index (χ0) is 40.4. The molecule has 6 N–H and O–H groups in total. The number of aliphatic imine (C=N–C) groups is 2. The molecule has 1 aliphatic heterocycles. The molecule has 0 aromatic heterocycles. The van der Waals surface area contributed by atoms with Crippen molar-refractivity contribution in [2.45, 2.75) is 77.9 Å². The number of nitrogens with two attached hydrogens (primary N) is 2. The number of ether oxygens (including phenoxy) is 2. The molecule has 54 heavy (non-hydrogen) atoms. The Balaban J connectivity index is 2.15. The summed E-state index contributed by atoms with van der Waals surface area (Å²) >= 11 is 0. The van der Waals surface area contributed by atoms with E-state index in [4.69, 9.17) is 20.9 Å². The van der Waals surface area contributed by atoms with Gasteiger partial charge < -0.3 is 41.4 Å². The number of amides is 4. The summed E-state index contributed by atoms with van der Waals surface area (Å²) in [5.41, 5.74) is 11.1. The van der Waals surface area contributed by atoms with Crippen molar-refractivity contribution in [3.05, 3.63) is 79.9 Å². The fourth-order valence-electron chi connectivity index (χ4n) is 5.24. The second-order valence-corrected chi connectivity index (χ2v) is 14.0. The Kier molecular flexibility index (Phi) is 14.0. The number of nitro benzene ring substituents is 2. The Bertz CT molecular complexity index is 1640. The zero-order valence-electron chi connectivity index (χ0n) is 30.9. The number of nitro groups is 2. The SMILES string of the molecule is CC(C)(C)OC(=O)NCCN1C(=NCc2ccc([N+](=O)[O-])cc2)C(C(N)=O)N(CCNC(=O)OC(C)(C)C)C(=NCc2ccc([N+](=O)[O-])cc2)C1C(N)=O. The summed E-state index contributed by atoms with van der Waals surface area (Å²) in [6.45, 7) is 9.26. The standard InChI is InChI=1S/C34H46N10O10/c1-33(2,3)53-31(47)37-15-17-41-25(27(35)45)30(40-20-22-9-13-24(14-10-22)44(51)52)42(18-16-38-32(48)54-34(4,5)6)26(28(36)46)29(41)39-19-21-7-11-23(12-8-21)43(49)50/h7-14,25-26H,15-20H2,1-6H3,(H2,35,45)(H2,36,46)(H,37,47)(H,38,48). The predicted molar refractivity (Wildman–Crippen MR) is 196 cm³/mol. The maximum Gasteiger partial charge on any atom is 0.407 e. The van der Waals surface area contributed by atoms with Crippen LogP contribution in [0.25, 0.3) is 0 Å². The number of hydrogen-bond acceptors (Lipinski definition) is 12. The molecule has 1 saturated heterocycles. The Labute approximate surface area is 311 Å². The highest BCUT2D eigenvalue weighted by atomic mass is 16.6. The van der Waals surface area contributed by atoms with Crippen LogP contribution in [0.1, 0.15) is 52.7 Å². The second-order valence-electron chi connectivity index (χ2n) is 14.0. The van der Waals surface area contributed by atoms with Crippen LogP contribution in [0, 0.1) is 20.2 Å². The van der Waals surface area contributed by atoms with Crippen LogP contribution in [0.15, 0.2) is 58.5 Å². The third-order valence-electron chi connectivity index (χ3n) is 7.42. The van der Waals surface area contributed by atoms with E-state index in [0.29, 0.717) is 11.1 Å². The van der Waals surface area contributed by atoms with Crippen molar-refractivity contribution in [1.82, 2.24) is 20.4 Å². The average Bonchev–Trinajstić information content (AvgIpc) is 3.05. The molecular weight excluding hydrogens is 708 g/mol. The number of carbonyl (C=O) groups excluding carboxylic acids is 4. The molecule has 20 heteroatoms. The fourth-order valence-corrected chi connectivity index (χ4v) is 5.24. The third-order valence-corrected chi connectivity index (χ3v) is 7.42. The maximum absolute atomic E-state index is 13.4. The van der Waals surface area contributed by atoms with Crippen molar-refractivity contribution in [3.8, 4) is 0 Å². The summed E-state index contributed by atoms with van der Waals surface area (Å²) < 4.78 is 10.7. The normalized spacial score (nSPS) is 17.5. The van der Waals surface area contributed by atoms with Crippen LogP contribution in [0.5, 0.6) is 0 Å². The maximum atomic E-state index is 13.4. The molecule has 1 fully saturated rings. The van der Waals surface area contributed by atoms with E-state index in [0.717, 1.165) is 0 Å². The molecule has 2 aromatic rings. The highest BCUT2D eigenvalue weighted by Crippen LogP contribution is 2.24. The number of rotatable bonds is 14. The smallest absolute Gasteiger partial charge is 0.407 e. The van der Waals surface area contributed by atoms with Gasteiger partial charge in [0.1, 0.15) is 22.9 Å². The fraction of sp³-hybridized carbons (Fsp3) is 0.471. The number of carbonyl (C=O) groups is 4. The lowest BCUT2D eigenvalue weighted by Crippen LogP contribution is -2.71. The largest absolute Gasteiger partial charge is 0.444 e. The first kappa shape index (κ1) is 42.1. The summed E-state index contributed by atoms with van der Waals surface area (Å²) in [5, 5.41) is 27.6. The van der Waals surface area contributed by atoms with E-state index in [1.807, 2.05) is 0 Å². The molecule has 0 saturated carbocycles.